The molecule has 2 rings (SSSR count). The Bertz CT molecular complexity index is 1560. The van der Waals surface area contributed by atoms with Crippen LogP contribution in [0.5, 0.6) is 0 Å². The number of ether oxygens (including phenoxy) is 2. The Balaban J connectivity index is 2.06. The van der Waals surface area contributed by atoms with Crippen LogP contribution in [0, 0.1) is 11.8 Å². The lowest BCUT2D eigenvalue weighted by molar-refractivity contribution is -0.164. The van der Waals surface area contributed by atoms with Crippen molar-refractivity contribution < 1.29 is 73.0 Å². The van der Waals surface area contributed by atoms with E-state index in [4.69, 9.17) is 18.5 Å². The lowest BCUT2D eigenvalue weighted by Gasteiger charge is -2.36. The molecule has 11 atom stereocenters. The third-order valence-corrected chi connectivity index (χ3v) is 13.1. The number of hydrogen-bond donors (Lipinski definition) is 7. The second-order valence-corrected chi connectivity index (χ2v) is 19.4. The number of allylic oxidation sites excluding steroid dienone is 7. The number of carbonyl (C=O) groups is 3. The monoisotopic (exact) mass is 969 g/mol. The molecule has 1 aliphatic carbocycles. The highest BCUT2D eigenvalue weighted by Crippen LogP contribution is 2.47. The number of rotatable bonds is 25. The van der Waals surface area contributed by atoms with E-state index in [9.17, 15) is 54.5 Å². The van der Waals surface area contributed by atoms with Gasteiger partial charge >= 0.3 is 19.8 Å². The normalized spacial score (nSPS) is 29.2. The molecule has 1 heterocycles. The summed E-state index contributed by atoms with van der Waals surface area (Å²) in [4.78, 5) is 50.1. The molecule has 384 valence electrons. The zero-order valence-electron chi connectivity index (χ0n) is 40.3. The Morgan fingerprint density at radius 3 is 2.06 bits per heavy atom. The Hall–Kier alpha value is -2.82. The van der Waals surface area contributed by atoms with Crippen molar-refractivity contribution in [2.75, 3.05) is 13.2 Å². The van der Waals surface area contributed by atoms with E-state index in [1.165, 1.54) is 63.2 Å². The molecule has 67 heavy (non-hydrogen) atoms. The lowest BCUT2D eigenvalue weighted by Crippen LogP contribution is -2.55. The third kappa shape index (κ3) is 26.7. The fourth-order valence-corrected chi connectivity index (χ4v) is 8.85. The van der Waals surface area contributed by atoms with Gasteiger partial charge in [0.05, 0.1) is 30.8 Å². The van der Waals surface area contributed by atoms with Gasteiger partial charge in [0, 0.05) is 18.8 Å². The van der Waals surface area contributed by atoms with Gasteiger partial charge in [0.15, 0.2) is 11.9 Å². The standard InChI is InChI=1S/C51H85O15P/c1-3-5-7-8-9-10-11-12-13-14-15-16-17-18-19-20-21-22-28-32-45(55)65-41-37-63-44(54)31-27-24-23-26-29-39-33-36-43(53)42(35-34-40(52)30-25-6-4-2)47(57)49(59)51(50(60)48(58)46(39)56)66-67(61,62)64-38-41/h9-10,12-13,23,26,33-36,39-42,46-52,56-60H,3-8,11,14-22,24-25,27-32,37-38H2,1-2H3,(H,61,62)/b10-9-,13-12-,26-23?,35-34+,36-33?/t39-,40-,41+,42-,46+,47+,48-,49+,50+,51+/m0/s1. The highest BCUT2D eigenvalue weighted by molar-refractivity contribution is 7.47. The molecular weight excluding hydrogens is 884 g/mol. The fourth-order valence-electron chi connectivity index (χ4n) is 7.87. The van der Waals surface area contributed by atoms with Gasteiger partial charge in [-0.15, -0.1) is 0 Å². The predicted octanol–water partition coefficient (Wildman–Crippen LogP) is 8.12. The Kier molecular flexibility index (Phi) is 32.6. The van der Waals surface area contributed by atoms with Crippen LogP contribution >= 0.6 is 7.82 Å². The SMILES string of the molecule is CCCCC/C=C\C/C=C\CCCCCCCCCCCC(=O)O[C@@H]1COC(=O)CCCC=CC[C@H]2C=CC(=O)[C@H](/C=C/[C@@H](O)CCCCC)[C@@H](O)[C@@H](O)[C@@H](OP(=O)(O)OC1)[C@H](O)[C@@H](O)[C@@H]2O. The average molecular weight is 969 g/mol. The maximum atomic E-state index is 13.6. The number of cyclic esters (lactones) is 1. The highest BCUT2D eigenvalue weighted by Gasteiger charge is 2.47. The maximum absolute atomic E-state index is 13.6. The van der Waals surface area contributed by atoms with Crippen LogP contribution < -0.4 is 0 Å². The van der Waals surface area contributed by atoms with E-state index in [0.29, 0.717) is 32.1 Å². The molecule has 0 spiro atoms. The maximum Gasteiger partial charge on any atom is 0.472 e. The molecule has 1 aliphatic heterocycles. The Morgan fingerprint density at radius 1 is 0.776 bits per heavy atom. The molecule has 0 saturated heterocycles. The van der Waals surface area contributed by atoms with Gasteiger partial charge in [-0.25, -0.2) is 4.57 Å². The molecule has 7 N–H and O–H groups in total. The average Bonchev–Trinajstić information content (AvgIpc) is 3.30. The van der Waals surface area contributed by atoms with Crippen molar-refractivity contribution in [3.8, 4) is 0 Å². The minimum atomic E-state index is -5.42. The fraction of sp³-hybridized carbons (Fsp3) is 0.745. The van der Waals surface area contributed by atoms with Crippen LogP contribution in [0.3, 0.4) is 0 Å². The number of fused-ring (bicyclic) bond motifs is 4. The van der Waals surface area contributed by atoms with E-state index in [1.54, 1.807) is 12.2 Å². The number of esters is 2. The van der Waals surface area contributed by atoms with E-state index < -0.39 is 99.4 Å². The summed E-state index contributed by atoms with van der Waals surface area (Å²) in [5.74, 6) is -4.66. The van der Waals surface area contributed by atoms with Gasteiger partial charge in [0.25, 0.3) is 0 Å². The second-order valence-electron chi connectivity index (χ2n) is 18.0. The molecule has 1 unspecified atom stereocenters. The number of carbonyl (C=O) groups excluding carboxylic acids is 3. The molecule has 15 nitrogen and oxygen atoms in total. The molecule has 0 aromatic heterocycles. The topological polar surface area (TPSA) is 247 Å². The molecule has 0 aromatic carbocycles. The van der Waals surface area contributed by atoms with Crippen LogP contribution in [0.4, 0.5) is 0 Å². The highest BCUT2D eigenvalue weighted by atomic mass is 31.2. The summed E-state index contributed by atoms with van der Waals surface area (Å²) in [5.41, 5.74) is 0. The predicted molar refractivity (Wildman–Crippen MR) is 257 cm³/mol. The van der Waals surface area contributed by atoms with Crippen LogP contribution in [0.25, 0.3) is 0 Å². The van der Waals surface area contributed by atoms with Crippen molar-refractivity contribution in [3.05, 3.63) is 60.8 Å². The van der Waals surface area contributed by atoms with Gasteiger partial charge in [-0.1, -0.05) is 146 Å². The van der Waals surface area contributed by atoms with Crippen LogP contribution in [-0.4, -0.2) is 115 Å². The molecule has 0 radical (unpaired) electrons. The molecule has 16 heteroatoms. The van der Waals surface area contributed by atoms with Crippen molar-refractivity contribution in [1.29, 1.82) is 0 Å². The third-order valence-electron chi connectivity index (χ3n) is 12.1. The summed E-state index contributed by atoms with van der Waals surface area (Å²) in [6, 6.07) is 0. The number of aliphatic hydroxyl groups is 6. The Morgan fingerprint density at radius 2 is 1.39 bits per heavy atom. The van der Waals surface area contributed by atoms with Crippen LogP contribution in [0.2, 0.25) is 0 Å². The van der Waals surface area contributed by atoms with Crippen molar-refractivity contribution in [2.24, 2.45) is 11.8 Å². The number of phosphoric ester groups is 1. The number of unbranched alkanes of at least 4 members (excludes halogenated alkanes) is 14. The lowest BCUT2D eigenvalue weighted by atomic mass is 9.87. The number of ketones is 1. The molecule has 0 saturated carbocycles. The first-order valence-electron chi connectivity index (χ1n) is 25.1. The van der Waals surface area contributed by atoms with E-state index in [1.807, 2.05) is 6.92 Å². The summed E-state index contributed by atoms with van der Waals surface area (Å²) in [7, 11) is -5.42. The van der Waals surface area contributed by atoms with Crippen molar-refractivity contribution in [2.45, 2.75) is 217 Å². The summed E-state index contributed by atoms with van der Waals surface area (Å²) in [6.07, 6.45) is 21.5. The quantitative estimate of drug-likeness (QED) is 0.0198. The van der Waals surface area contributed by atoms with Crippen LogP contribution in [0.1, 0.15) is 168 Å². The smallest absolute Gasteiger partial charge is 0.462 e. The second kappa shape index (κ2) is 36.2. The molecule has 2 aliphatic rings. The molecule has 0 aromatic rings. The van der Waals surface area contributed by atoms with Crippen LogP contribution in [-0.2, 0) is 37.5 Å². The number of phosphoric acid groups is 1. The largest absolute Gasteiger partial charge is 0.472 e. The first-order valence-corrected chi connectivity index (χ1v) is 26.6. The van der Waals surface area contributed by atoms with Crippen LogP contribution in [0.15, 0.2) is 60.8 Å². The van der Waals surface area contributed by atoms with Gasteiger partial charge in [0.2, 0.25) is 0 Å². The minimum Gasteiger partial charge on any atom is -0.462 e. The summed E-state index contributed by atoms with van der Waals surface area (Å²) in [5, 5.41) is 67.1. The van der Waals surface area contributed by atoms with E-state index >= 15 is 0 Å². The molecule has 2 bridgehead atoms. The number of aliphatic hydroxyl groups excluding tert-OH is 6. The summed E-state index contributed by atoms with van der Waals surface area (Å²) in [6.45, 7) is 2.84. The van der Waals surface area contributed by atoms with Crippen molar-refractivity contribution >= 4 is 25.5 Å². The van der Waals surface area contributed by atoms with Gasteiger partial charge in [-0.2, -0.15) is 0 Å². The van der Waals surface area contributed by atoms with Gasteiger partial charge < -0.3 is 45.0 Å². The first kappa shape index (κ1) is 60.3. The summed E-state index contributed by atoms with van der Waals surface area (Å²) < 4.78 is 34.7. The van der Waals surface area contributed by atoms with E-state index in [0.717, 1.165) is 63.9 Å². The molecule has 0 amide bonds. The van der Waals surface area contributed by atoms with Gasteiger partial charge in [-0.05, 0) is 70.3 Å². The zero-order chi connectivity index (χ0) is 49.3. The minimum absolute atomic E-state index is 0.0162. The summed E-state index contributed by atoms with van der Waals surface area (Å²) >= 11 is 0. The number of hydrogen-bond acceptors (Lipinski definition) is 14. The molecule has 0 fully saturated rings. The first-order chi connectivity index (χ1) is 32.2. The van der Waals surface area contributed by atoms with Crippen molar-refractivity contribution in [1.82, 2.24) is 0 Å². The van der Waals surface area contributed by atoms with Gasteiger partial charge in [-0.3, -0.25) is 23.4 Å². The van der Waals surface area contributed by atoms with Gasteiger partial charge in [0.1, 0.15) is 31.0 Å². The van der Waals surface area contributed by atoms with Crippen molar-refractivity contribution in [3.63, 3.8) is 0 Å². The zero-order valence-corrected chi connectivity index (χ0v) is 41.2. The van der Waals surface area contributed by atoms with E-state index in [-0.39, 0.29) is 19.3 Å². The van der Waals surface area contributed by atoms with E-state index in [2.05, 4.69) is 31.2 Å². The molecular formula is C51H85O15P. The Labute approximate surface area is 400 Å².